The van der Waals surface area contributed by atoms with E-state index in [-0.39, 0.29) is 17.3 Å². The van der Waals surface area contributed by atoms with Crippen LogP contribution in [0.5, 0.6) is 5.75 Å². The number of nitro benzene ring substituents is 1. The van der Waals surface area contributed by atoms with Gasteiger partial charge < -0.3 is 4.74 Å². The number of nitrogens with zero attached hydrogens (tertiary/aromatic N) is 4. The quantitative estimate of drug-likeness (QED) is 0.300. The number of halogens is 1. The van der Waals surface area contributed by atoms with Crippen molar-refractivity contribution in [3.05, 3.63) is 74.8 Å². The van der Waals surface area contributed by atoms with Crippen LogP contribution in [0.4, 0.5) is 5.69 Å². The van der Waals surface area contributed by atoms with Gasteiger partial charge in [0, 0.05) is 11.1 Å². The largest absolute Gasteiger partial charge is 0.420 e. The standard InChI is InChI=1S/C17H13ClN4O4/c1-10-3-6-14(22(24)25)9-15(10)26-17(23)16-19-11(2)21(20-16)13-7-4-12(18)5-8-13/h3-9H,1-2H3. The summed E-state index contributed by atoms with van der Waals surface area (Å²) in [6.07, 6.45) is 0. The lowest BCUT2D eigenvalue weighted by molar-refractivity contribution is -0.384. The summed E-state index contributed by atoms with van der Waals surface area (Å²) in [6, 6.07) is 10.9. The van der Waals surface area contributed by atoms with Crippen molar-refractivity contribution in [3.63, 3.8) is 0 Å². The molecule has 0 saturated heterocycles. The minimum Gasteiger partial charge on any atom is -0.420 e. The molecule has 132 valence electrons. The number of nitro groups is 1. The Morgan fingerprint density at radius 3 is 2.54 bits per heavy atom. The second-order valence-corrected chi connectivity index (χ2v) is 5.90. The first kappa shape index (κ1) is 17.6. The van der Waals surface area contributed by atoms with Gasteiger partial charge in [-0.25, -0.2) is 14.5 Å². The monoisotopic (exact) mass is 372 g/mol. The van der Waals surface area contributed by atoms with Crippen LogP contribution in [-0.4, -0.2) is 25.7 Å². The molecule has 0 radical (unpaired) electrons. The molecule has 0 spiro atoms. The molecule has 9 heteroatoms. The van der Waals surface area contributed by atoms with E-state index in [2.05, 4.69) is 10.1 Å². The van der Waals surface area contributed by atoms with Crippen molar-refractivity contribution in [2.45, 2.75) is 13.8 Å². The summed E-state index contributed by atoms with van der Waals surface area (Å²) >= 11 is 5.87. The van der Waals surface area contributed by atoms with E-state index >= 15 is 0 Å². The zero-order valence-electron chi connectivity index (χ0n) is 13.8. The number of aryl methyl sites for hydroxylation is 2. The third-order valence-corrected chi connectivity index (χ3v) is 3.86. The predicted octanol–water partition coefficient (Wildman–Crippen LogP) is 3.66. The van der Waals surface area contributed by atoms with Crippen molar-refractivity contribution in [1.82, 2.24) is 14.8 Å². The van der Waals surface area contributed by atoms with E-state index in [4.69, 9.17) is 16.3 Å². The maximum atomic E-state index is 12.3. The molecule has 0 bridgehead atoms. The molecule has 0 aliphatic carbocycles. The van der Waals surface area contributed by atoms with Crippen molar-refractivity contribution in [2.75, 3.05) is 0 Å². The number of non-ortho nitro benzene ring substituents is 1. The van der Waals surface area contributed by atoms with Crippen LogP contribution in [0.2, 0.25) is 5.02 Å². The molecule has 2 aromatic carbocycles. The second kappa shape index (κ2) is 6.93. The normalized spacial score (nSPS) is 10.6. The smallest absolute Gasteiger partial charge is 0.383 e. The highest BCUT2D eigenvalue weighted by Crippen LogP contribution is 2.25. The summed E-state index contributed by atoms with van der Waals surface area (Å²) in [5.41, 5.74) is 1.09. The summed E-state index contributed by atoms with van der Waals surface area (Å²) < 4.78 is 6.72. The van der Waals surface area contributed by atoms with E-state index in [1.165, 1.54) is 22.9 Å². The molecule has 0 fully saturated rings. The summed E-state index contributed by atoms with van der Waals surface area (Å²) in [7, 11) is 0. The first-order chi connectivity index (χ1) is 12.3. The minimum atomic E-state index is -0.801. The Balaban J connectivity index is 1.87. The average Bonchev–Trinajstić information content (AvgIpc) is 2.99. The van der Waals surface area contributed by atoms with Crippen molar-refractivity contribution in [2.24, 2.45) is 0 Å². The molecule has 3 aromatic rings. The van der Waals surface area contributed by atoms with Gasteiger partial charge in [-0.2, -0.15) is 0 Å². The predicted molar refractivity (Wildman–Crippen MR) is 93.9 cm³/mol. The SMILES string of the molecule is Cc1ccc([N+](=O)[O-])cc1OC(=O)c1nc(C)n(-c2ccc(Cl)cc2)n1. The van der Waals surface area contributed by atoms with Crippen LogP contribution >= 0.6 is 11.6 Å². The fourth-order valence-corrected chi connectivity index (χ4v) is 2.39. The highest BCUT2D eigenvalue weighted by Gasteiger charge is 2.20. The molecule has 8 nitrogen and oxygen atoms in total. The van der Waals surface area contributed by atoms with Gasteiger partial charge in [0.2, 0.25) is 0 Å². The van der Waals surface area contributed by atoms with Crippen molar-refractivity contribution >= 4 is 23.3 Å². The van der Waals surface area contributed by atoms with Gasteiger partial charge >= 0.3 is 5.97 Å². The number of carbonyl (C=O) groups is 1. The molecule has 0 N–H and O–H groups in total. The topological polar surface area (TPSA) is 100 Å². The molecular formula is C17H13ClN4O4. The van der Waals surface area contributed by atoms with Crippen molar-refractivity contribution < 1.29 is 14.5 Å². The molecule has 0 unspecified atom stereocenters. The van der Waals surface area contributed by atoms with Crippen molar-refractivity contribution in [3.8, 4) is 11.4 Å². The summed E-state index contributed by atoms with van der Waals surface area (Å²) in [6.45, 7) is 3.37. The molecule has 0 amide bonds. The zero-order chi connectivity index (χ0) is 18.8. The molecule has 1 heterocycles. The van der Waals surface area contributed by atoms with Crippen LogP contribution < -0.4 is 4.74 Å². The number of aromatic nitrogens is 3. The number of rotatable bonds is 4. The fourth-order valence-electron chi connectivity index (χ4n) is 2.26. The Kier molecular flexibility index (Phi) is 4.68. The Morgan fingerprint density at radius 1 is 1.19 bits per heavy atom. The van der Waals surface area contributed by atoms with Gasteiger partial charge in [0.15, 0.2) is 0 Å². The third-order valence-electron chi connectivity index (χ3n) is 3.61. The van der Waals surface area contributed by atoms with Gasteiger partial charge in [0.1, 0.15) is 11.6 Å². The maximum Gasteiger partial charge on any atom is 0.383 e. The molecule has 0 saturated carbocycles. The number of carbonyl (C=O) groups excluding carboxylic acids is 1. The third kappa shape index (κ3) is 3.55. The fraction of sp³-hybridized carbons (Fsp3) is 0.118. The Bertz CT molecular complexity index is 998. The van der Waals surface area contributed by atoms with Gasteiger partial charge in [0.05, 0.1) is 16.7 Å². The zero-order valence-corrected chi connectivity index (χ0v) is 14.6. The van der Waals surface area contributed by atoms with Gasteiger partial charge in [-0.3, -0.25) is 10.1 Å². The first-order valence-corrected chi connectivity index (χ1v) is 7.90. The van der Waals surface area contributed by atoms with Crippen LogP contribution in [0.15, 0.2) is 42.5 Å². The molecular weight excluding hydrogens is 360 g/mol. The van der Waals surface area contributed by atoms with Gasteiger partial charge in [-0.15, -0.1) is 5.10 Å². The van der Waals surface area contributed by atoms with Crippen LogP contribution in [0, 0.1) is 24.0 Å². The van der Waals surface area contributed by atoms with E-state index in [0.717, 1.165) is 0 Å². The summed E-state index contributed by atoms with van der Waals surface area (Å²) in [5, 5.41) is 15.6. The molecule has 26 heavy (non-hydrogen) atoms. The van der Waals surface area contributed by atoms with E-state index < -0.39 is 10.9 Å². The lowest BCUT2D eigenvalue weighted by Crippen LogP contribution is -2.12. The highest BCUT2D eigenvalue weighted by molar-refractivity contribution is 6.30. The number of hydrogen-bond acceptors (Lipinski definition) is 6. The highest BCUT2D eigenvalue weighted by atomic mass is 35.5. The van der Waals surface area contributed by atoms with E-state index in [9.17, 15) is 14.9 Å². The van der Waals surface area contributed by atoms with Crippen LogP contribution in [0.1, 0.15) is 22.0 Å². The van der Waals surface area contributed by atoms with E-state index in [1.807, 2.05) is 0 Å². The van der Waals surface area contributed by atoms with Crippen LogP contribution in [0.25, 0.3) is 5.69 Å². The number of ether oxygens (including phenoxy) is 1. The average molecular weight is 373 g/mol. The Morgan fingerprint density at radius 2 is 1.88 bits per heavy atom. The molecule has 0 atom stereocenters. The molecule has 1 aromatic heterocycles. The van der Waals surface area contributed by atoms with Crippen molar-refractivity contribution in [1.29, 1.82) is 0 Å². The lowest BCUT2D eigenvalue weighted by Gasteiger charge is -2.05. The number of esters is 1. The Labute approximate surface area is 153 Å². The first-order valence-electron chi connectivity index (χ1n) is 7.52. The van der Waals surface area contributed by atoms with Crippen LogP contribution in [0.3, 0.4) is 0 Å². The maximum absolute atomic E-state index is 12.3. The summed E-state index contributed by atoms with van der Waals surface area (Å²) in [5.74, 6) is -0.382. The molecule has 0 aliphatic rings. The van der Waals surface area contributed by atoms with Gasteiger partial charge in [-0.1, -0.05) is 11.6 Å². The number of benzene rings is 2. The van der Waals surface area contributed by atoms with E-state index in [0.29, 0.717) is 22.1 Å². The van der Waals surface area contributed by atoms with E-state index in [1.54, 1.807) is 38.1 Å². The number of hydrogen-bond donors (Lipinski definition) is 0. The molecule has 3 rings (SSSR count). The lowest BCUT2D eigenvalue weighted by atomic mass is 10.2. The Hall–Kier alpha value is -3.26. The summed E-state index contributed by atoms with van der Waals surface area (Å²) in [4.78, 5) is 26.8. The van der Waals surface area contributed by atoms with Gasteiger partial charge in [-0.05, 0) is 49.7 Å². The second-order valence-electron chi connectivity index (χ2n) is 5.47. The van der Waals surface area contributed by atoms with Gasteiger partial charge in [0.25, 0.3) is 11.5 Å². The van der Waals surface area contributed by atoms with Crippen LogP contribution in [-0.2, 0) is 0 Å². The minimum absolute atomic E-state index is 0.0877. The molecule has 0 aliphatic heterocycles.